The number of carbonyl (C=O) groups excluding carboxylic acids is 1. The normalized spacial score (nSPS) is 21.9. The molecule has 0 amide bonds. The highest BCUT2D eigenvalue weighted by Gasteiger charge is 2.27. The Morgan fingerprint density at radius 3 is 2.57 bits per heavy atom. The SMILES string of the molecule is CCC1CCC(N(C)c2c(N)cccc2C(=O)OC)CC1. The molecule has 1 aromatic carbocycles. The van der Waals surface area contributed by atoms with Gasteiger partial charge in [-0.15, -0.1) is 0 Å². The molecule has 1 fully saturated rings. The van der Waals surface area contributed by atoms with E-state index in [4.69, 9.17) is 10.5 Å². The summed E-state index contributed by atoms with van der Waals surface area (Å²) in [5, 5.41) is 0. The molecule has 1 aromatic rings. The number of nitrogens with two attached hydrogens (primary N) is 1. The second-order valence-electron chi connectivity index (χ2n) is 5.93. The molecule has 0 unspecified atom stereocenters. The van der Waals surface area contributed by atoms with Crippen LogP contribution >= 0.6 is 0 Å². The Kier molecular flexibility index (Phi) is 5.10. The van der Waals surface area contributed by atoms with Crippen molar-refractivity contribution in [3.8, 4) is 0 Å². The minimum Gasteiger partial charge on any atom is -0.465 e. The molecule has 0 saturated heterocycles. The second-order valence-corrected chi connectivity index (χ2v) is 5.93. The van der Waals surface area contributed by atoms with Crippen molar-refractivity contribution < 1.29 is 9.53 Å². The Morgan fingerprint density at radius 2 is 2.00 bits per heavy atom. The number of methoxy groups -OCH3 is 1. The molecule has 1 aliphatic rings. The maximum Gasteiger partial charge on any atom is 0.340 e. The molecule has 4 heteroatoms. The van der Waals surface area contributed by atoms with Crippen molar-refractivity contribution in [3.63, 3.8) is 0 Å². The van der Waals surface area contributed by atoms with Crippen LogP contribution in [-0.2, 0) is 4.74 Å². The number of benzene rings is 1. The third-order valence-electron chi connectivity index (χ3n) is 4.77. The summed E-state index contributed by atoms with van der Waals surface area (Å²) in [7, 11) is 3.44. The average Bonchev–Trinajstić information content (AvgIpc) is 2.53. The van der Waals surface area contributed by atoms with Crippen LogP contribution in [0, 0.1) is 5.92 Å². The quantitative estimate of drug-likeness (QED) is 0.681. The molecular formula is C17H26N2O2. The Balaban J connectivity index is 2.23. The van der Waals surface area contributed by atoms with E-state index in [1.165, 1.54) is 26.4 Å². The number of ether oxygens (including phenoxy) is 1. The molecule has 0 bridgehead atoms. The predicted molar refractivity (Wildman–Crippen MR) is 86.6 cm³/mol. The maximum atomic E-state index is 12.0. The Morgan fingerprint density at radius 1 is 1.33 bits per heavy atom. The van der Waals surface area contributed by atoms with Crippen LogP contribution in [0.2, 0.25) is 0 Å². The monoisotopic (exact) mass is 290 g/mol. The number of hydrogen-bond acceptors (Lipinski definition) is 4. The first-order chi connectivity index (χ1) is 10.1. The number of esters is 1. The summed E-state index contributed by atoms with van der Waals surface area (Å²) in [6, 6.07) is 5.87. The fourth-order valence-corrected chi connectivity index (χ4v) is 3.35. The summed E-state index contributed by atoms with van der Waals surface area (Å²) < 4.78 is 4.88. The minimum atomic E-state index is -0.327. The van der Waals surface area contributed by atoms with Crippen molar-refractivity contribution in [3.05, 3.63) is 23.8 Å². The predicted octanol–water partition coefficient (Wildman–Crippen LogP) is 3.46. The Bertz CT molecular complexity index is 494. The van der Waals surface area contributed by atoms with Crippen LogP contribution in [0.15, 0.2) is 18.2 Å². The summed E-state index contributed by atoms with van der Waals surface area (Å²) in [6.07, 6.45) is 6.09. The van der Waals surface area contributed by atoms with E-state index in [-0.39, 0.29) is 5.97 Å². The molecule has 0 aliphatic heterocycles. The number of hydrogen-bond donors (Lipinski definition) is 1. The molecule has 4 nitrogen and oxygen atoms in total. The van der Waals surface area contributed by atoms with Crippen molar-refractivity contribution in [2.75, 3.05) is 24.8 Å². The van der Waals surface area contributed by atoms with Gasteiger partial charge in [0.05, 0.1) is 24.0 Å². The van der Waals surface area contributed by atoms with E-state index in [2.05, 4.69) is 11.8 Å². The lowest BCUT2D eigenvalue weighted by molar-refractivity contribution is 0.0601. The van der Waals surface area contributed by atoms with E-state index < -0.39 is 0 Å². The van der Waals surface area contributed by atoms with E-state index >= 15 is 0 Å². The molecule has 0 atom stereocenters. The summed E-state index contributed by atoms with van der Waals surface area (Å²) in [6.45, 7) is 2.26. The molecule has 0 radical (unpaired) electrons. The van der Waals surface area contributed by atoms with E-state index in [1.807, 2.05) is 13.1 Å². The van der Waals surface area contributed by atoms with Crippen molar-refractivity contribution >= 4 is 17.3 Å². The van der Waals surface area contributed by atoms with Crippen molar-refractivity contribution in [2.45, 2.75) is 45.1 Å². The highest BCUT2D eigenvalue weighted by Crippen LogP contribution is 2.35. The van der Waals surface area contributed by atoms with Gasteiger partial charge in [0.1, 0.15) is 0 Å². The van der Waals surface area contributed by atoms with Gasteiger partial charge in [-0.1, -0.05) is 19.4 Å². The molecule has 0 heterocycles. The molecular weight excluding hydrogens is 264 g/mol. The number of para-hydroxylation sites is 1. The number of anilines is 2. The highest BCUT2D eigenvalue weighted by atomic mass is 16.5. The molecule has 1 saturated carbocycles. The van der Waals surface area contributed by atoms with Crippen LogP contribution in [0.4, 0.5) is 11.4 Å². The first-order valence-electron chi connectivity index (χ1n) is 7.78. The zero-order valence-corrected chi connectivity index (χ0v) is 13.3. The standard InChI is InChI=1S/C17H26N2O2/c1-4-12-8-10-13(11-9-12)19(2)16-14(17(20)21-3)6-5-7-15(16)18/h5-7,12-13H,4,8-11,18H2,1-3H3. The molecule has 2 rings (SSSR count). The van der Waals surface area contributed by atoms with E-state index in [9.17, 15) is 4.79 Å². The minimum absolute atomic E-state index is 0.327. The third-order valence-corrected chi connectivity index (χ3v) is 4.77. The van der Waals surface area contributed by atoms with Crippen LogP contribution in [0.5, 0.6) is 0 Å². The van der Waals surface area contributed by atoms with Crippen molar-refractivity contribution in [2.24, 2.45) is 5.92 Å². The molecule has 2 N–H and O–H groups in total. The van der Waals surface area contributed by atoms with Gasteiger partial charge >= 0.3 is 5.97 Å². The number of nitrogen functional groups attached to an aromatic ring is 1. The third kappa shape index (κ3) is 3.31. The fourth-order valence-electron chi connectivity index (χ4n) is 3.35. The van der Waals surface area contributed by atoms with Gasteiger partial charge in [0, 0.05) is 13.1 Å². The fraction of sp³-hybridized carbons (Fsp3) is 0.588. The number of rotatable bonds is 4. The first-order valence-corrected chi connectivity index (χ1v) is 7.78. The van der Waals surface area contributed by atoms with Crippen LogP contribution in [0.1, 0.15) is 49.4 Å². The molecule has 0 aromatic heterocycles. The molecule has 116 valence electrons. The van der Waals surface area contributed by atoms with E-state index in [0.29, 0.717) is 17.3 Å². The summed E-state index contributed by atoms with van der Waals surface area (Å²) in [5.41, 5.74) is 8.13. The van der Waals surface area contributed by atoms with Gasteiger partial charge in [0.15, 0.2) is 0 Å². The van der Waals surface area contributed by atoms with Crippen LogP contribution in [0.25, 0.3) is 0 Å². The average molecular weight is 290 g/mol. The van der Waals surface area contributed by atoms with Gasteiger partial charge in [0.2, 0.25) is 0 Å². The van der Waals surface area contributed by atoms with Gasteiger partial charge in [-0.3, -0.25) is 0 Å². The zero-order valence-electron chi connectivity index (χ0n) is 13.3. The second kappa shape index (κ2) is 6.83. The number of nitrogens with zero attached hydrogens (tertiary/aromatic N) is 1. The lowest BCUT2D eigenvalue weighted by Crippen LogP contribution is -2.36. The molecule has 21 heavy (non-hydrogen) atoms. The summed E-state index contributed by atoms with van der Waals surface area (Å²) >= 11 is 0. The van der Waals surface area contributed by atoms with Gasteiger partial charge in [0.25, 0.3) is 0 Å². The zero-order chi connectivity index (χ0) is 15.4. The van der Waals surface area contributed by atoms with Gasteiger partial charge in [-0.25, -0.2) is 4.79 Å². The van der Waals surface area contributed by atoms with E-state index in [0.717, 1.165) is 24.4 Å². The summed E-state index contributed by atoms with van der Waals surface area (Å²) in [5.74, 6) is 0.522. The Hall–Kier alpha value is -1.71. The van der Waals surface area contributed by atoms with Gasteiger partial charge in [-0.2, -0.15) is 0 Å². The van der Waals surface area contributed by atoms with Crippen molar-refractivity contribution in [1.29, 1.82) is 0 Å². The largest absolute Gasteiger partial charge is 0.465 e. The van der Waals surface area contributed by atoms with Gasteiger partial charge < -0.3 is 15.4 Å². The van der Waals surface area contributed by atoms with E-state index in [1.54, 1.807) is 12.1 Å². The smallest absolute Gasteiger partial charge is 0.340 e. The lowest BCUT2D eigenvalue weighted by Gasteiger charge is -2.37. The molecule has 0 spiro atoms. The van der Waals surface area contributed by atoms with Gasteiger partial charge in [-0.05, 0) is 43.7 Å². The summed E-state index contributed by atoms with van der Waals surface area (Å²) in [4.78, 5) is 14.1. The van der Waals surface area contributed by atoms with Crippen LogP contribution in [-0.4, -0.2) is 26.2 Å². The highest BCUT2D eigenvalue weighted by molar-refractivity contribution is 5.99. The topological polar surface area (TPSA) is 55.6 Å². The lowest BCUT2D eigenvalue weighted by atomic mass is 9.84. The van der Waals surface area contributed by atoms with Crippen molar-refractivity contribution in [1.82, 2.24) is 0 Å². The number of carbonyl (C=O) groups is 1. The Labute approximate surface area is 127 Å². The first kappa shape index (κ1) is 15.7. The maximum absolute atomic E-state index is 12.0. The molecule has 1 aliphatic carbocycles. The van der Waals surface area contributed by atoms with Crippen LogP contribution in [0.3, 0.4) is 0 Å². The van der Waals surface area contributed by atoms with Crippen LogP contribution < -0.4 is 10.6 Å².